The highest BCUT2D eigenvalue weighted by atomic mass is 35.5. The first-order valence-electron chi connectivity index (χ1n) is 3.35. The number of hydrogen-bond donors (Lipinski definition) is 1. The third-order valence-electron chi connectivity index (χ3n) is 2.01. The van der Waals surface area contributed by atoms with Gasteiger partial charge in [-0.2, -0.15) is 0 Å². The van der Waals surface area contributed by atoms with Gasteiger partial charge in [0.25, 0.3) is 0 Å². The summed E-state index contributed by atoms with van der Waals surface area (Å²) >= 11 is 5.89. The Labute approximate surface area is 59.5 Å². The third-order valence-corrected chi connectivity index (χ3v) is 2.60. The summed E-state index contributed by atoms with van der Waals surface area (Å²) in [5.41, 5.74) is 0. The molecule has 0 amide bonds. The molecule has 1 unspecified atom stereocenters. The van der Waals surface area contributed by atoms with Crippen LogP contribution < -0.4 is 5.32 Å². The predicted octanol–water partition coefficient (Wildman–Crippen LogP) is 0.212. The maximum absolute atomic E-state index is 5.89. The van der Waals surface area contributed by atoms with Crippen molar-refractivity contribution in [3.63, 3.8) is 0 Å². The van der Waals surface area contributed by atoms with Gasteiger partial charge in [-0.1, -0.05) is 0 Å². The molecule has 2 nitrogen and oxygen atoms in total. The van der Waals surface area contributed by atoms with Crippen molar-refractivity contribution >= 4 is 11.6 Å². The van der Waals surface area contributed by atoms with Gasteiger partial charge in [0, 0.05) is 18.5 Å². The summed E-state index contributed by atoms with van der Waals surface area (Å²) in [6.45, 7) is 2.66. The van der Waals surface area contributed by atoms with E-state index in [4.69, 9.17) is 16.3 Å². The molecule has 3 atom stereocenters. The molecule has 2 aliphatic rings. The van der Waals surface area contributed by atoms with Crippen molar-refractivity contribution in [1.29, 1.82) is 0 Å². The van der Waals surface area contributed by atoms with Gasteiger partial charge in [0.1, 0.15) is 0 Å². The Morgan fingerprint density at radius 3 is 3.33 bits per heavy atom. The molecule has 0 aromatic rings. The monoisotopic (exact) mass is 147 g/mol. The van der Waals surface area contributed by atoms with Crippen molar-refractivity contribution in [3.8, 4) is 0 Å². The summed E-state index contributed by atoms with van der Waals surface area (Å²) in [4.78, 5) is 0. The molecule has 1 aliphatic carbocycles. The van der Waals surface area contributed by atoms with Crippen molar-refractivity contribution in [2.45, 2.75) is 11.4 Å². The molecule has 1 N–H and O–H groups in total. The van der Waals surface area contributed by atoms with Gasteiger partial charge in [-0.05, 0) is 0 Å². The van der Waals surface area contributed by atoms with E-state index in [2.05, 4.69) is 5.32 Å². The predicted molar refractivity (Wildman–Crippen MR) is 35.7 cm³/mol. The van der Waals surface area contributed by atoms with Crippen LogP contribution in [0.15, 0.2) is 0 Å². The second-order valence-corrected chi connectivity index (χ2v) is 3.17. The van der Waals surface area contributed by atoms with E-state index in [1.807, 2.05) is 0 Å². The first-order chi connectivity index (χ1) is 4.39. The van der Waals surface area contributed by atoms with Crippen molar-refractivity contribution < 1.29 is 4.74 Å². The van der Waals surface area contributed by atoms with E-state index in [0.717, 1.165) is 19.8 Å². The fraction of sp³-hybridized carbons (Fsp3) is 1.00. The van der Waals surface area contributed by atoms with Crippen LogP contribution in [0.4, 0.5) is 0 Å². The van der Waals surface area contributed by atoms with E-state index < -0.39 is 0 Å². The van der Waals surface area contributed by atoms with E-state index in [1.54, 1.807) is 0 Å². The number of fused-ring (bicyclic) bond motifs is 1. The first kappa shape index (κ1) is 5.96. The van der Waals surface area contributed by atoms with Gasteiger partial charge in [0.05, 0.1) is 18.6 Å². The molecule has 1 saturated carbocycles. The first-order valence-corrected chi connectivity index (χ1v) is 3.78. The van der Waals surface area contributed by atoms with E-state index in [0.29, 0.717) is 17.3 Å². The van der Waals surface area contributed by atoms with Crippen LogP contribution in [0.1, 0.15) is 0 Å². The largest absolute Gasteiger partial charge is 0.380 e. The molecule has 0 spiro atoms. The molecule has 1 heterocycles. The van der Waals surface area contributed by atoms with Crippen molar-refractivity contribution in [2.75, 3.05) is 19.8 Å². The quantitative estimate of drug-likeness (QED) is 0.495. The summed E-state index contributed by atoms with van der Waals surface area (Å²) in [7, 11) is 0. The van der Waals surface area contributed by atoms with Gasteiger partial charge < -0.3 is 10.1 Å². The number of hydrogen-bond acceptors (Lipinski definition) is 2. The highest BCUT2D eigenvalue weighted by molar-refractivity contribution is 6.23. The zero-order chi connectivity index (χ0) is 6.27. The number of rotatable bonds is 0. The fourth-order valence-electron chi connectivity index (χ4n) is 1.31. The van der Waals surface area contributed by atoms with Crippen molar-refractivity contribution in [3.05, 3.63) is 0 Å². The van der Waals surface area contributed by atoms with Crippen LogP contribution in [0, 0.1) is 5.92 Å². The molecular weight excluding hydrogens is 138 g/mol. The van der Waals surface area contributed by atoms with Crippen LogP contribution in [-0.4, -0.2) is 31.2 Å². The van der Waals surface area contributed by atoms with Gasteiger partial charge >= 0.3 is 0 Å². The highest BCUT2D eigenvalue weighted by Gasteiger charge is 2.49. The Hall–Kier alpha value is 0.210. The Kier molecular flexibility index (Phi) is 1.40. The average molecular weight is 148 g/mol. The molecule has 0 radical (unpaired) electrons. The van der Waals surface area contributed by atoms with Gasteiger partial charge in [-0.15, -0.1) is 11.6 Å². The highest BCUT2D eigenvalue weighted by Crippen LogP contribution is 2.37. The number of nitrogens with one attached hydrogen (secondary N) is 1. The molecule has 3 heteroatoms. The lowest BCUT2D eigenvalue weighted by molar-refractivity contribution is 0.138. The third kappa shape index (κ3) is 0.955. The van der Waals surface area contributed by atoms with Crippen molar-refractivity contribution in [2.24, 2.45) is 5.92 Å². The van der Waals surface area contributed by atoms with Gasteiger partial charge in [-0.25, -0.2) is 0 Å². The van der Waals surface area contributed by atoms with Gasteiger partial charge in [-0.3, -0.25) is 0 Å². The van der Waals surface area contributed by atoms with E-state index in [-0.39, 0.29) is 0 Å². The molecule has 9 heavy (non-hydrogen) atoms. The van der Waals surface area contributed by atoms with E-state index in [9.17, 15) is 0 Å². The smallest absolute Gasteiger partial charge is 0.0591 e. The zero-order valence-corrected chi connectivity index (χ0v) is 5.90. The van der Waals surface area contributed by atoms with E-state index >= 15 is 0 Å². The maximum atomic E-state index is 5.89. The Bertz CT molecular complexity index is 108. The second kappa shape index (κ2) is 2.11. The standard InChI is InChI=1S/C6H10ClNO/c7-5-4-3-9-2-1-8-6(4)5/h4-6,8H,1-3H2/t4-,5-,6?/m0/s1. The van der Waals surface area contributed by atoms with Crippen LogP contribution in [0.2, 0.25) is 0 Å². The summed E-state index contributed by atoms with van der Waals surface area (Å²) in [6.07, 6.45) is 0. The van der Waals surface area contributed by atoms with E-state index in [1.165, 1.54) is 0 Å². The Morgan fingerprint density at radius 2 is 2.44 bits per heavy atom. The summed E-state index contributed by atoms with van der Waals surface area (Å²) in [5, 5.41) is 3.65. The summed E-state index contributed by atoms with van der Waals surface area (Å²) in [5.74, 6) is 0.592. The molecule has 52 valence electrons. The zero-order valence-electron chi connectivity index (χ0n) is 5.14. The fourth-order valence-corrected chi connectivity index (χ4v) is 1.73. The van der Waals surface area contributed by atoms with Crippen LogP contribution in [-0.2, 0) is 4.74 Å². The number of halogens is 1. The molecule has 2 fully saturated rings. The minimum absolute atomic E-state index is 0.338. The van der Waals surface area contributed by atoms with Crippen LogP contribution in [0.25, 0.3) is 0 Å². The lowest BCUT2D eigenvalue weighted by Crippen LogP contribution is -2.21. The van der Waals surface area contributed by atoms with Crippen molar-refractivity contribution in [1.82, 2.24) is 5.32 Å². The Morgan fingerprint density at radius 1 is 1.56 bits per heavy atom. The maximum Gasteiger partial charge on any atom is 0.0591 e. The van der Waals surface area contributed by atoms with Crippen LogP contribution in [0.3, 0.4) is 0 Å². The number of ether oxygens (including phenoxy) is 1. The minimum Gasteiger partial charge on any atom is -0.380 e. The SMILES string of the molecule is Cl[C@@H]1C2NCCOC[C@H]21. The van der Waals surface area contributed by atoms with Crippen LogP contribution >= 0.6 is 11.6 Å². The normalized spacial score (nSPS) is 49.7. The Balaban J connectivity index is 1.93. The molecule has 1 saturated heterocycles. The molecule has 0 bridgehead atoms. The van der Waals surface area contributed by atoms with Crippen LogP contribution in [0.5, 0.6) is 0 Å². The lowest BCUT2D eigenvalue weighted by Gasteiger charge is -1.98. The summed E-state index contributed by atoms with van der Waals surface area (Å²) in [6, 6.07) is 0.550. The number of alkyl halides is 1. The molecule has 2 rings (SSSR count). The topological polar surface area (TPSA) is 21.3 Å². The second-order valence-electron chi connectivity index (χ2n) is 2.66. The molecule has 0 aromatic heterocycles. The molecular formula is C6H10ClNO. The van der Waals surface area contributed by atoms with Gasteiger partial charge in [0.15, 0.2) is 0 Å². The average Bonchev–Trinajstić information content (AvgIpc) is 2.51. The molecule has 1 aliphatic heterocycles. The summed E-state index contributed by atoms with van der Waals surface area (Å²) < 4.78 is 5.27. The molecule has 0 aromatic carbocycles. The van der Waals surface area contributed by atoms with Gasteiger partial charge in [0.2, 0.25) is 0 Å². The minimum atomic E-state index is 0.338. The lowest BCUT2D eigenvalue weighted by atomic mass is 10.4.